The lowest BCUT2D eigenvalue weighted by molar-refractivity contribution is 0.464. The van der Waals surface area contributed by atoms with E-state index in [2.05, 4.69) is 0 Å². The van der Waals surface area contributed by atoms with E-state index in [-0.39, 0.29) is 0 Å². The molecule has 0 aliphatic heterocycles. The third-order valence-electron chi connectivity index (χ3n) is 4.07. The highest BCUT2D eigenvalue weighted by atomic mass is 16.3. The van der Waals surface area contributed by atoms with Gasteiger partial charge in [-0.15, -0.1) is 0 Å². The van der Waals surface area contributed by atoms with Crippen molar-refractivity contribution in [2.24, 2.45) is 0 Å². The highest BCUT2D eigenvalue weighted by Crippen LogP contribution is 2.31. The molecule has 0 aliphatic rings. The molecule has 0 amide bonds. The molecule has 0 saturated carbocycles. The predicted molar refractivity (Wildman–Crippen MR) is 82.7 cm³/mol. The minimum absolute atomic E-state index is 0.371. The van der Waals surface area contributed by atoms with Crippen LogP contribution in [0.4, 0.5) is 0 Å². The topological polar surface area (TPSA) is 40.5 Å². The van der Waals surface area contributed by atoms with E-state index in [1.54, 1.807) is 0 Å². The summed E-state index contributed by atoms with van der Waals surface area (Å²) in [5.41, 5.74) is 7.04. The zero-order valence-corrected chi connectivity index (χ0v) is 12.8. The third kappa shape index (κ3) is 2.51. The van der Waals surface area contributed by atoms with E-state index < -0.39 is 0 Å². The molecule has 0 bridgehead atoms. The lowest BCUT2D eigenvalue weighted by atomic mass is 9.92. The van der Waals surface area contributed by atoms with Crippen LogP contribution < -0.4 is 0 Å². The number of benzene rings is 2. The van der Waals surface area contributed by atoms with Gasteiger partial charge in [-0.05, 0) is 68.0 Å². The highest BCUT2D eigenvalue weighted by molar-refractivity contribution is 5.51. The van der Waals surface area contributed by atoms with Gasteiger partial charge in [-0.2, -0.15) is 0 Å². The first-order valence-corrected chi connectivity index (χ1v) is 6.89. The Morgan fingerprint density at radius 1 is 0.700 bits per heavy atom. The quantitative estimate of drug-likeness (QED) is 0.857. The fourth-order valence-electron chi connectivity index (χ4n) is 2.72. The fourth-order valence-corrected chi connectivity index (χ4v) is 2.72. The Kier molecular flexibility index (Phi) is 3.76. The van der Waals surface area contributed by atoms with Gasteiger partial charge < -0.3 is 10.2 Å². The van der Waals surface area contributed by atoms with Crippen molar-refractivity contribution in [1.82, 2.24) is 0 Å². The van der Waals surface area contributed by atoms with Gasteiger partial charge in [0.2, 0.25) is 0 Å². The van der Waals surface area contributed by atoms with E-state index in [9.17, 15) is 10.2 Å². The summed E-state index contributed by atoms with van der Waals surface area (Å²) >= 11 is 0. The standard InChI is InChI=1S/C18H22O2/c1-10-6-11(2)18(20)16(7-10)9-15-8-12(3)17(19)14(5)13(15)4/h6-8,19-20H,9H2,1-5H3. The third-order valence-corrected chi connectivity index (χ3v) is 4.07. The van der Waals surface area contributed by atoms with E-state index in [0.717, 1.165) is 38.9 Å². The van der Waals surface area contributed by atoms with Crippen molar-refractivity contribution < 1.29 is 10.2 Å². The van der Waals surface area contributed by atoms with Gasteiger partial charge in [0.15, 0.2) is 0 Å². The molecule has 0 radical (unpaired) electrons. The molecular weight excluding hydrogens is 248 g/mol. The maximum Gasteiger partial charge on any atom is 0.122 e. The normalized spacial score (nSPS) is 10.8. The number of phenols is 2. The van der Waals surface area contributed by atoms with Crippen molar-refractivity contribution in [1.29, 1.82) is 0 Å². The van der Waals surface area contributed by atoms with Crippen molar-refractivity contribution in [3.63, 3.8) is 0 Å². The number of rotatable bonds is 2. The summed E-state index contributed by atoms with van der Waals surface area (Å²) in [4.78, 5) is 0. The number of aromatic hydroxyl groups is 2. The van der Waals surface area contributed by atoms with Crippen molar-refractivity contribution in [2.75, 3.05) is 0 Å². The summed E-state index contributed by atoms with van der Waals surface area (Å²) in [5.74, 6) is 0.745. The van der Waals surface area contributed by atoms with Crippen LogP contribution >= 0.6 is 0 Å². The van der Waals surface area contributed by atoms with Crippen LogP contribution in [0.25, 0.3) is 0 Å². The molecule has 2 heteroatoms. The van der Waals surface area contributed by atoms with E-state index in [1.165, 1.54) is 0 Å². The van der Waals surface area contributed by atoms with Crippen LogP contribution in [0, 0.1) is 34.6 Å². The monoisotopic (exact) mass is 270 g/mol. The predicted octanol–water partition coefficient (Wildman–Crippen LogP) is 4.23. The Bertz CT molecular complexity index is 670. The lowest BCUT2D eigenvalue weighted by Crippen LogP contribution is -1.98. The maximum atomic E-state index is 10.2. The summed E-state index contributed by atoms with van der Waals surface area (Å²) in [7, 11) is 0. The van der Waals surface area contributed by atoms with Crippen LogP contribution in [0.1, 0.15) is 38.9 Å². The van der Waals surface area contributed by atoms with Gasteiger partial charge in [-0.25, -0.2) is 0 Å². The van der Waals surface area contributed by atoms with E-state index in [4.69, 9.17) is 0 Å². The van der Waals surface area contributed by atoms with Crippen LogP contribution in [-0.2, 0) is 6.42 Å². The second-order valence-corrected chi connectivity index (χ2v) is 5.72. The molecular formula is C18H22O2. The summed E-state index contributed by atoms with van der Waals surface area (Å²) in [5, 5.41) is 20.2. The molecule has 0 aromatic heterocycles. The molecule has 2 aromatic carbocycles. The van der Waals surface area contributed by atoms with Gasteiger partial charge >= 0.3 is 0 Å². The van der Waals surface area contributed by atoms with Crippen molar-refractivity contribution in [3.05, 3.63) is 57.1 Å². The summed E-state index contributed by atoms with van der Waals surface area (Å²) in [6.07, 6.45) is 0.683. The molecule has 0 atom stereocenters. The second-order valence-electron chi connectivity index (χ2n) is 5.72. The van der Waals surface area contributed by atoms with Gasteiger partial charge in [-0.3, -0.25) is 0 Å². The first kappa shape index (κ1) is 14.4. The van der Waals surface area contributed by atoms with Crippen molar-refractivity contribution in [2.45, 2.75) is 41.0 Å². The number of aryl methyl sites for hydroxylation is 3. The van der Waals surface area contributed by atoms with Crippen LogP contribution in [0.15, 0.2) is 18.2 Å². The van der Waals surface area contributed by atoms with Crippen LogP contribution in [-0.4, -0.2) is 10.2 Å². The lowest BCUT2D eigenvalue weighted by Gasteiger charge is -2.15. The summed E-state index contributed by atoms with van der Waals surface area (Å²) < 4.78 is 0. The first-order chi connectivity index (χ1) is 9.31. The Morgan fingerprint density at radius 3 is 1.95 bits per heavy atom. The largest absolute Gasteiger partial charge is 0.507 e. The van der Waals surface area contributed by atoms with Gasteiger partial charge in [0.05, 0.1) is 0 Å². The van der Waals surface area contributed by atoms with E-state index in [1.807, 2.05) is 52.8 Å². The minimum Gasteiger partial charge on any atom is -0.507 e. The zero-order valence-electron chi connectivity index (χ0n) is 12.8. The molecule has 0 heterocycles. The second kappa shape index (κ2) is 5.20. The van der Waals surface area contributed by atoms with Crippen LogP contribution in [0.3, 0.4) is 0 Å². The van der Waals surface area contributed by atoms with Crippen LogP contribution in [0.5, 0.6) is 11.5 Å². The molecule has 0 saturated heterocycles. The Hall–Kier alpha value is -1.96. The SMILES string of the molecule is Cc1cc(C)c(O)c(Cc2cc(C)c(O)c(C)c2C)c1. The molecule has 0 spiro atoms. The maximum absolute atomic E-state index is 10.2. The average molecular weight is 270 g/mol. The molecule has 20 heavy (non-hydrogen) atoms. The summed E-state index contributed by atoms with van der Waals surface area (Å²) in [6, 6.07) is 6.02. The zero-order chi connectivity index (χ0) is 15.0. The fraction of sp³-hybridized carbons (Fsp3) is 0.333. The Balaban J connectivity index is 2.51. The van der Waals surface area contributed by atoms with Gasteiger partial charge in [0, 0.05) is 6.42 Å². The van der Waals surface area contributed by atoms with E-state index >= 15 is 0 Å². The Morgan fingerprint density at radius 2 is 1.30 bits per heavy atom. The van der Waals surface area contributed by atoms with Gasteiger partial charge in [-0.1, -0.05) is 23.8 Å². The molecule has 2 rings (SSSR count). The molecule has 2 nitrogen and oxygen atoms in total. The molecule has 0 unspecified atom stereocenters. The Labute approximate surface area is 120 Å². The van der Waals surface area contributed by atoms with Crippen molar-refractivity contribution in [3.8, 4) is 11.5 Å². The van der Waals surface area contributed by atoms with Gasteiger partial charge in [0.25, 0.3) is 0 Å². The number of phenolic OH excluding ortho intramolecular Hbond substituents is 2. The molecule has 0 aliphatic carbocycles. The summed E-state index contributed by atoms with van der Waals surface area (Å²) in [6.45, 7) is 9.82. The van der Waals surface area contributed by atoms with E-state index in [0.29, 0.717) is 17.9 Å². The molecule has 2 aromatic rings. The van der Waals surface area contributed by atoms with Crippen molar-refractivity contribution >= 4 is 0 Å². The smallest absolute Gasteiger partial charge is 0.122 e. The molecule has 2 N–H and O–H groups in total. The van der Waals surface area contributed by atoms with Gasteiger partial charge in [0.1, 0.15) is 11.5 Å². The molecule has 0 fully saturated rings. The van der Waals surface area contributed by atoms with Crippen LogP contribution in [0.2, 0.25) is 0 Å². The highest BCUT2D eigenvalue weighted by Gasteiger charge is 2.12. The minimum atomic E-state index is 0.371. The first-order valence-electron chi connectivity index (χ1n) is 6.89. The number of hydrogen-bond acceptors (Lipinski definition) is 2. The molecule has 106 valence electrons. The average Bonchev–Trinajstić information content (AvgIpc) is 2.39. The number of hydrogen-bond donors (Lipinski definition) is 2.